The number of aromatic nitrogens is 2. The summed E-state index contributed by atoms with van der Waals surface area (Å²) >= 11 is 0. The molecule has 1 aliphatic rings. The van der Waals surface area contributed by atoms with E-state index in [0.29, 0.717) is 11.3 Å². The van der Waals surface area contributed by atoms with Crippen molar-refractivity contribution >= 4 is 5.82 Å². The van der Waals surface area contributed by atoms with Crippen molar-refractivity contribution in [1.29, 1.82) is 0 Å². The van der Waals surface area contributed by atoms with Gasteiger partial charge in [0.1, 0.15) is 5.82 Å². The highest BCUT2D eigenvalue weighted by Gasteiger charge is 2.35. The fraction of sp³-hybridized carbons (Fsp3) is 0.765. The molecule has 1 saturated heterocycles. The van der Waals surface area contributed by atoms with Gasteiger partial charge in [0.05, 0.1) is 11.9 Å². The van der Waals surface area contributed by atoms with E-state index in [1.165, 1.54) is 19.3 Å². The van der Waals surface area contributed by atoms with Gasteiger partial charge < -0.3 is 10.2 Å². The Morgan fingerprint density at radius 1 is 1.29 bits per heavy atom. The zero-order chi connectivity index (χ0) is 15.3. The van der Waals surface area contributed by atoms with E-state index in [1.807, 2.05) is 12.4 Å². The van der Waals surface area contributed by atoms with Crippen LogP contribution < -0.4 is 10.2 Å². The minimum Gasteiger partial charge on any atom is -0.355 e. The van der Waals surface area contributed by atoms with Crippen LogP contribution in [0.5, 0.6) is 0 Å². The molecule has 1 aliphatic heterocycles. The van der Waals surface area contributed by atoms with Crippen LogP contribution >= 0.6 is 0 Å². The molecule has 1 N–H and O–H groups in total. The van der Waals surface area contributed by atoms with E-state index in [1.54, 1.807) is 0 Å². The summed E-state index contributed by atoms with van der Waals surface area (Å²) in [5, 5.41) is 3.44. The van der Waals surface area contributed by atoms with Crippen LogP contribution in [0.3, 0.4) is 0 Å². The Morgan fingerprint density at radius 3 is 2.67 bits per heavy atom. The van der Waals surface area contributed by atoms with Gasteiger partial charge in [0, 0.05) is 25.8 Å². The number of hydrogen-bond acceptors (Lipinski definition) is 4. The first-order valence-electron chi connectivity index (χ1n) is 8.35. The van der Waals surface area contributed by atoms with Crippen molar-refractivity contribution in [2.45, 2.75) is 53.5 Å². The van der Waals surface area contributed by atoms with Crippen LogP contribution in [-0.4, -0.2) is 29.6 Å². The van der Waals surface area contributed by atoms with Crippen LogP contribution in [0.25, 0.3) is 0 Å². The van der Waals surface area contributed by atoms with E-state index in [0.717, 1.165) is 37.7 Å². The largest absolute Gasteiger partial charge is 0.355 e. The number of rotatable bonds is 7. The van der Waals surface area contributed by atoms with Crippen LogP contribution in [0.1, 0.15) is 52.7 Å². The summed E-state index contributed by atoms with van der Waals surface area (Å²) in [6.45, 7) is 13.1. The minimum atomic E-state index is 0.480. The molecular weight excluding hydrogens is 260 g/mol. The number of anilines is 1. The standard InChI is InChI=1S/C17H30N4/c1-5-17(6-2)7-8-21(13-17)16-12-19-11-15(20-16)10-18-9-14(3)4/h11-12,14,18H,5-10,13H2,1-4H3. The highest BCUT2D eigenvalue weighted by atomic mass is 15.2. The van der Waals surface area contributed by atoms with Crippen LogP contribution in [0, 0.1) is 11.3 Å². The zero-order valence-corrected chi connectivity index (χ0v) is 14.0. The molecule has 0 aliphatic carbocycles. The molecule has 0 bridgehead atoms. The van der Waals surface area contributed by atoms with Gasteiger partial charge in [-0.3, -0.25) is 4.98 Å². The first kappa shape index (κ1) is 16.2. The summed E-state index contributed by atoms with van der Waals surface area (Å²) in [4.78, 5) is 11.6. The first-order chi connectivity index (χ1) is 10.1. The topological polar surface area (TPSA) is 41.1 Å². The smallest absolute Gasteiger partial charge is 0.147 e. The third-order valence-electron chi connectivity index (χ3n) is 4.79. The summed E-state index contributed by atoms with van der Waals surface area (Å²) in [6.07, 6.45) is 7.57. The van der Waals surface area contributed by atoms with Gasteiger partial charge in [-0.1, -0.05) is 27.7 Å². The van der Waals surface area contributed by atoms with Crippen LogP contribution in [0.15, 0.2) is 12.4 Å². The maximum atomic E-state index is 4.79. The van der Waals surface area contributed by atoms with Crippen molar-refractivity contribution in [3.8, 4) is 0 Å². The Hall–Kier alpha value is -1.16. The van der Waals surface area contributed by atoms with Gasteiger partial charge >= 0.3 is 0 Å². The zero-order valence-electron chi connectivity index (χ0n) is 14.0. The molecule has 1 fully saturated rings. The van der Waals surface area contributed by atoms with Crippen molar-refractivity contribution < 1.29 is 0 Å². The average Bonchev–Trinajstić information content (AvgIpc) is 2.92. The second-order valence-corrected chi connectivity index (χ2v) is 6.77. The van der Waals surface area contributed by atoms with Gasteiger partial charge in [-0.15, -0.1) is 0 Å². The molecule has 1 aromatic heterocycles. The van der Waals surface area contributed by atoms with E-state index < -0.39 is 0 Å². The van der Waals surface area contributed by atoms with Crippen LogP contribution in [0.2, 0.25) is 0 Å². The molecule has 4 heteroatoms. The van der Waals surface area contributed by atoms with Crippen molar-refractivity contribution in [2.24, 2.45) is 11.3 Å². The second-order valence-electron chi connectivity index (χ2n) is 6.77. The quantitative estimate of drug-likeness (QED) is 0.837. The Bertz CT molecular complexity index is 440. The summed E-state index contributed by atoms with van der Waals surface area (Å²) in [5.41, 5.74) is 1.52. The summed E-state index contributed by atoms with van der Waals surface area (Å²) in [6, 6.07) is 0. The molecule has 0 radical (unpaired) electrons. The Kier molecular flexibility index (Phi) is 5.57. The fourth-order valence-electron chi connectivity index (χ4n) is 3.08. The lowest BCUT2D eigenvalue weighted by Gasteiger charge is -2.26. The molecule has 0 amide bonds. The van der Waals surface area contributed by atoms with E-state index in [9.17, 15) is 0 Å². The van der Waals surface area contributed by atoms with Crippen molar-refractivity contribution in [3.05, 3.63) is 18.1 Å². The van der Waals surface area contributed by atoms with Crippen molar-refractivity contribution in [2.75, 3.05) is 24.5 Å². The molecule has 118 valence electrons. The molecule has 0 saturated carbocycles. The SMILES string of the molecule is CCC1(CC)CCN(c2cncc(CNCC(C)C)n2)C1. The van der Waals surface area contributed by atoms with Gasteiger partial charge in [-0.2, -0.15) is 0 Å². The van der Waals surface area contributed by atoms with Gasteiger partial charge in [0.15, 0.2) is 0 Å². The lowest BCUT2D eigenvalue weighted by Crippen LogP contribution is -2.27. The lowest BCUT2D eigenvalue weighted by molar-refractivity contribution is 0.301. The fourth-order valence-corrected chi connectivity index (χ4v) is 3.08. The maximum absolute atomic E-state index is 4.79. The first-order valence-corrected chi connectivity index (χ1v) is 8.35. The predicted octanol–water partition coefficient (Wildman–Crippen LogP) is 3.24. The molecule has 2 rings (SSSR count). The highest BCUT2D eigenvalue weighted by molar-refractivity contribution is 5.38. The molecule has 0 spiro atoms. The normalized spacial score (nSPS) is 17.7. The maximum Gasteiger partial charge on any atom is 0.147 e. The minimum absolute atomic E-state index is 0.480. The Morgan fingerprint density at radius 2 is 2.05 bits per heavy atom. The van der Waals surface area contributed by atoms with E-state index in [-0.39, 0.29) is 0 Å². The second kappa shape index (κ2) is 7.21. The van der Waals surface area contributed by atoms with E-state index in [2.05, 4.69) is 42.9 Å². The summed E-state index contributed by atoms with van der Waals surface area (Å²) < 4.78 is 0. The highest BCUT2D eigenvalue weighted by Crippen LogP contribution is 2.38. The summed E-state index contributed by atoms with van der Waals surface area (Å²) in [7, 11) is 0. The van der Waals surface area contributed by atoms with Gasteiger partial charge in [0.2, 0.25) is 0 Å². The monoisotopic (exact) mass is 290 g/mol. The predicted molar refractivity (Wildman–Crippen MR) is 88.4 cm³/mol. The van der Waals surface area contributed by atoms with Gasteiger partial charge in [-0.05, 0) is 37.1 Å². The lowest BCUT2D eigenvalue weighted by atomic mass is 9.82. The van der Waals surface area contributed by atoms with Gasteiger partial charge in [0.25, 0.3) is 0 Å². The van der Waals surface area contributed by atoms with Crippen molar-refractivity contribution in [3.63, 3.8) is 0 Å². The van der Waals surface area contributed by atoms with Crippen LogP contribution in [0.4, 0.5) is 5.82 Å². The number of hydrogen-bond donors (Lipinski definition) is 1. The molecule has 21 heavy (non-hydrogen) atoms. The molecule has 0 unspecified atom stereocenters. The summed E-state index contributed by atoms with van der Waals surface area (Å²) in [5.74, 6) is 1.71. The van der Waals surface area contributed by atoms with Crippen LogP contribution in [-0.2, 0) is 6.54 Å². The number of nitrogens with one attached hydrogen (secondary N) is 1. The molecule has 0 aromatic carbocycles. The van der Waals surface area contributed by atoms with E-state index >= 15 is 0 Å². The Balaban J connectivity index is 1.98. The van der Waals surface area contributed by atoms with Crippen molar-refractivity contribution in [1.82, 2.24) is 15.3 Å². The average molecular weight is 290 g/mol. The Labute approximate surface area is 129 Å². The van der Waals surface area contributed by atoms with E-state index in [4.69, 9.17) is 4.98 Å². The van der Waals surface area contributed by atoms with Gasteiger partial charge in [-0.25, -0.2) is 4.98 Å². The molecular formula is C17H30N4. The molecule has 1 aromatic rings. The molecule has 4 nitrogen and oxygen atoms in total. The molecule has 2 heterocycles. The third-order valence-corrected chi connectivity index (χ3v) is 4.79. The molecule has 0 atom stereocenters. The number of nitrogens with zero attached hydrogens (tertiary/aromatic N) is 3. The third kappa shape index (κ3) is 4.16.